The predicted molar refractivity (Wildman–Crippen MR) is 158 cm³/mol. The lowest BCUT2D eigenvalue weighted by Gasteiger charge is -2.43. The van der Waals surface area contributed by atoms with E-state index in [1.165, 1.54) is 19.3 Å². The SMILES string of the molecule is Cc1cc(-c2ccc3c(n2)N(C(=O)Nc2cc(CC[C@H]4CCOC5(CCCCC5)O4)ccn2)[C@H]2CCN3C2)ccn1. The molecule has 41 heavy (non-hydrogen) atoms. The summed E-state index contributed by atoms with van der Waals surface area (Å²) in [5.41, 5.74) is 4.90. The van der Waals surface area contributed by atoms with Crippen molar-refractivity contribution in [3.05, 3.63) is 60.0 Å². The van der Waals surface area contributed by atoms with E-state index >= 15 is 0 Å². The number of nitrogens with zero attached hydrogens (tertiary/aromatic N) is 5. The number of rotatable bonds is 5. The highest BCUT2D eigenvalue weighted by Gasteiger charge is 2.41. The van der Waals surface area contributed by atoms with Gasteiger partial charge in [-0.15, -0.1) is 0 Å². The molecule has 1 N–H and O–H groups in total. The number of ether oxygens (including phenoxy) is 2. The number of amides is 2. The Morgan fingerprint density at radius 1 is 1.07 bits per heavy atom. The Labute approximate surface area is 241 Å². The van der Waals surface area contributed by atoms with Gasteiger partial charge in [0.15, 0.2) is 11.6 Å². The molecule has 6 heterocycles. The number of aryl methyl sites for hydroxylation is 2. The third-order valence-corrected chi connectivity index (χ3v) is 8.98. The van der Waals surface area contributed by atoms with Crippen molar-refractivity contribution in [1.29, 1.82) is 0 Å². The van der Waals surface area contributed by atoms with Crippen LogP contribution in [0.1, 0.15) is 62.6 Å². The van der Waals surface area contributed by atoms with E-state index in [0.717, 1.165) is 86.4 Å². The van der Waals surface area contributed by atoms with Gasteiger partial charge in [0, 0.05) is 49.6 Å². The Morgan fingerprint density at radius 2 is 1.95 bits per heavy atom. The minimum atomic E-state index is -0.358. The first kappa shape index (κ1) is 26.3. The third-order valence-electron chi connectivity index (χ3n) is 8.98. The molecule has 2 saturated heterocycles. The molecule has 1 spiro atoms. The van der Waals surface area contributed by atoms with Crippen LogP contribution in [0.25, 0.3) is 11.3 Å². The van der Waals surface area contributed by atoms with E-state index in [9.17, 15) is 4.79 Å². The summed E-state index contributed by atoms with van der Waals surface area (Å²) in [5, 5.41) is 3.08. The molecule has 4 aliphatic rings. The Hall–Kier alpha value is -3.56. The molecule has 3 aromatic heterocycles. The lowest BCUT2D eigenvalue weighted by Crippen LogP contribution is -2.48. The first-order valence-electron chi connectivity index (χ1n) is 15.1. The average Bonchev–Trinajstić information content (AvgIpc) is 3.40. The molecule has 9 heteroatoms. The van der Waals surface area contributed by atoms with Crippen LogP contribution in [-0.4, -0.2) is 58.6 Å². The highest BCUT2D eigenvalue weighted by Crippen LogP contribution is 2.41. The molecule has 3 aliphatic heterocycles. The van der Waals surface area contributed by atoms with Gasteiger partial charge in [0.25, 0.3) is 0 Å². The zero-order valence-corrected chi connectivity index (χ0v) is 23.7. The number of carbonyl (C=O) groups is 1. The number of aromatic nitrogens is 3. The summed E-state index contributed by atoms with van der Waals surface area (Å²) in [6, 6.07) is 12.0. The van der Waals surface area contributed by atoms with Crippen molar-refractivity contribution in [2.24, 2.45) is 0 Å². The minimum absolute atomic E-state index is 0.0744. The number of carbonyl (C=O) groups excluding carboxylic acids is 1. The van der Waals surface area contributed by atoms with Crippen LogP contribution in [0.2, 0.25) is 0 Å². The summed E-state index contributed by atoms with van der Waals surface area (Å²) < 4.78 is 12.6. The normalized spacial score (nSPS) is 23.0. The Bertz CT molecular complexity index is 1420. The van der Waals surface area contributed by atoms with Gasteiger partial charge in [-0.25, -0.2) is 14.8 Å². The average molecular weight is 555 g/mol. The lowest BCUT2D eigenvalue weighted by molar-refractivity contribution is -0.305. The van der Waals surface area contributed by atoms with Gasteiger partial charge in [-0.3, -0.25) is 15.2 Å². The largest absolute Gasteiger partial charge is 0.366 e. The first-order chi connectivity index (χ1) is 20.1. The molecule has 0 unspecified atom stereocenters. The highest BCUT2D eigenvalue weighted by atomic mass is 16.7. The van der Waals surface area contributed by atoms with Crippen molar-refractivity contribution in [1.82, 2.24) is 15.0 Å². The minimum Gasteiger partial charge on any atom is -0.366 e. The molecular weight excluding hydrogens is 516 g/mol. The quantitative estimate of drug-likeness (QED) is 0.421. The Morgan fingerprint density at radius 3 is 2.83 bits per heavy atom. The maximum absolute atomic E-state index is 13.8. The molecule has 0 radical (unpaired) electrons. The van der Waals surface area contributed by atoms with E-state index in [1.54, 1.807) is 12.4 Å². The van der Waals surface area contributed by atoms with Gasteiger partial charge in [0.05, 0.1) is 30.1 Å². The van der Waals surface area contributed by atoms with Gasteiger partial charge in [0.1, 0.15) is 5.82 Å². The third kappa shape index (κ3) is 5.40. The van der Waals surface area contributed by atoms with E-state index in [1.807, 2.05) is 42.2 Å². The number of pyridine rings is 3. The molecule has 0 aromatic carbocycles. The van der Waals surface area contributed by atoms with Crippen molar-refractivity contribution in [2.75, 3.05) is 34.8 Å². The maximum Gasteiger partial charge on any atom is 0.329 e. The molecule has 2 amide bonds. The van der Waals surface area contributed by atoms with Gasteiger partial charge >= 0.3 is 6.03 Å². The van der Waals surface area contributed by atoms with E-state index in [0.29, 0.717) is 11.6 Å². The zero-order chi connectivity index (χ0) is 27.8. The van der Waals surface area contributed by atoms with E-state index in [-0.39, 0.29) is 24.0 Å². The maximum atomic E-state index is 13.8. The predicted octanol–water partition coefficient (Wildman–Crippen LogP) is 5.88. The molecule has 3 aromatic rings. The summed E-state index contributed by atoms with van der Waals surface area (Å²) in [4.78, 5) is 31.7. The first-order valence-corrected chi connectivity index (χ1v) is 15.1. The second kappa shape index (κ2) is 11.0. The lowest BCUT2D eigenvalue weighted by atomic mass is 9.92. The molecule has 1 saturated carbocycles. The molecule has 9 nitrogen and oxygen atoms in total. The van der Waals surface area contributed by atoms with Crippen molar-refractivity contribution >= 4 is 23.4 Å². The number of fused-ring (bicyclic) bond motifs is 4. The van der Waals surface area contributed by atoms with Crippen LogP contribution in [0, 0.1) is 6.92 Å². The fourth-order valence-electron chi connectivity index (χ4n) is 6.86. The van der Waals surface area contributed by atoms with Gasteiger partial charge in [-0.1, -0.05) is 6.42 Å². The fraction of sp³-hybridized carbons (Fsp3) is 0.500. The highest BCUT2D eigenvalue weighted by molar-refractivity contribution is 6.04. The van der Waals surface area contributed by atoms with E-state index in [2.05, 4.69) is 26.3 Å². The smallest absolute Gasteiger partial charge is 0.329 e. The zero-order valence-electron chi connectivity index (χ0n) is 23.7. The van der Waals surface area contributed by atoms with Gasteiger partial charge in [0.2, 0.25) is 0 Å². The molecule has 3 fully saturated rings. The van der Waals surface area contributed by atoms with Crippen LogP contribution in [0.5, 0.6) is 0 Å². The number of urea groups is 1. The summed E-state index contributed by atoms with van der Waals surface area (Å²) in [7, 11) is 0. The molecular formula is C32H38N6O3. The summed E-state index contributed by atoms with van der Waals surface area (Å²) >= 11 is 0. The molecule has 214 valence electrons. The van der Waals surface area contributed by atoms with Crippen molar-refractivity contribution in [2.45, 2.75) is 82.6 Å². The van der Waals surface area contributed by atoms with Crippen LogP contribution in [0.3, 0.4) is 0 Å². The fourth-order valence-corrected chi connectivity index (χ4v) is 6.86. The number of hydrogen-bond donors (Lipinski definition) is 1. The van der Waals surface area contributed by atoms with E-state index < -0.39 is 0 Å². The number of anilines is 3. The Kier molecular flexibility index (Phi) is 7.08. The van der Waals surface area contributed by atoms with Crippen LogP contribution in [0.15, 0.2) is 48.8 Å². The standard InChI is InChI=1S/C32H38N6O3/c1-22-19-24(10-16-33-22)27-7-8-28-30(35-27)38(25-11-17-37(28)21-25)31(39)36-29-20-23(9-15-34-29)5-6-26-12-18-40-32(41-26)13-3-2-4-14-32/h7-10,15-16,19-20,25-26H,2-6,11-14,17-18,21H2,1H3,(H,34,36,39)/t25-,26-/m0/s1. The number of hydrogen-bond acceptors (Lipinski definition) is 7. The van der Waals surface area contributed by atoms with E-state index in [4.69, 9.17) is 14.5 Å². The molecule has 1 aliphatic carbocycles. The Balaban J connectivity index is 1.06. The van der Waals surface area contributed by atoms with Gasteiger partial charge in [-0.2, -0.15) is 0 Å². The second-order valence-corrected chi connectivity index (χ2v) is 11.9. The van der Waals surface area contributed by atoms with Crippen LogP contribution in [-0.2, 0) is 15.9 Å². The monoisotopic (exact) mass is 554 g/mol. The number of nitrogens with one attached hydrogen (secondary N) is 1. The molecule has 2 bridgehead atoms. The second-order valence-electron chi connectivity index (χ2n) is 11.9. The van der Waals surface area contributed by atoms with Crippen LogP contribution in [0.4, 0.5) is 22.1 Å². The van der Waals surface area contributed by atoms with Crippen LogP contribution < -0.4 is 15.1 Å². The molecule has 2 atom stereocenters. The van der Waals surface area contributed by atoms with Crippen LogP contribution >= 0.6 is 0 Å². The summed E-state index contributed by atoms with van der Waals surface area (Å²) in [6.07, 6.45) is 13.1. The summed E-state index contributed by atoms with van der Waals surface area (Å²) in [5.74, 6) is 0.906. The summed E-state index contributed by atoms with van der Waals surface area (Å²) in [6.45, 7) is 4.48. The topological polar surface area (TPSA) is 92.7 Å². The van der Waals surface area contributed by atoms with Crippen molar-refractivity contribution < 1.29 is 14.3 Å². The van der Waals surface area contributed by atoms with Gasteiger partial charge < -0.3 is 14.4 Å². The molecule has 7 rings (SSSR count). The van der Waals surface area contributed by atoms with Gasteiger partial charge in [-0.05, 0) is 87.4 Å². The van der Waals surface area contributed by atoms with Crippen molar-refractivity contribution in [3.8, 4) is 11.3 Å². The van der Waals surface area contributed by atoms with Crippen molar-refractivity contribution in [3.63, 3.8) is 0 Å².